The molecule has 0 saturated heterocycles. The summed E-state index contributed by atoms with van der Waals surface area (Å²) in [6.07, 6.45) is 0.502. The zero-order valence-electron chi connectivity index (χ0n) is 11.5. The summed E-state index contributed by atoms with van der Waals surface area (Å²) >= 11 is 0. The first-order valence-electron chi connectivity index (χ1n) is 6.40. The number of carbonyl (C=O) groups excluding carboxylic acids is 3. The fourth-order valence-corrected chi connectivity index (χ4v) is 1.97. The summed E-state index contributed by atoms with van der Waals surface area (Å²) < 4.78 is 9.61. The van der Waals surface area contributed by atoms with Gasteiger partial charge in [-0.15, -0.1) is 0 Å². The fourth-order valence-electron chi connectivity index (χ4n) is 1.97. The van der Waals surface area contributed by atoms with Gasteiger partial charge in [0.05, 0.1) is 25.5 Å². The molecule has 0 spiro atoms. The molecule has 5 heteroatoms. The minimum absolute atomic E-state index is 0.0562. The molecule has 0 atom stereocenters. The van der Waals surface area contributed by atoms with E-state index < -0.39 is 11.9 Å². The van der Waals surface area contributed by atoms with Crippen LogP contribution in [0.5, 0.6) is 5.75 Å². The second-order valence-electron chi connectivity index (χ2n) is 4.37. The van der Waals surface area contributed by atoms with Crippen LogP contribution in [0.15, 0.2) is 36.4 Å². The van der Waals surface area contributed by atoms with Crippen LogP contribution in [0, 0.1) is 0 Å². The summed E-state index contributed by atoms with van der Waals surface area (Å²) in [6.45, 7) is 0. The molecule has 2 aromatic rings. The van der Waals surface area contributed by atoms with E-state index in [4.69, 9.17) is 4.74 Å². The Labute approximate surface area is 121 Å². The van der Waals surface area contributed by atoms with E-state index in [1.54, 1.807) is 24.3 Å². The summed E-state index contributed by atoms with van der Waals surface area (Å²) in [7, 11) is 1.25. The quantitative estimate of drug-likeness (QED) is 0.480. The van der Waals surface area contributed by atoms with Crippen molar-refractivity contribution in [3.63, 3.8) is 0 Å². The summed E-state index contributed by atoms with van der Waals surface area (Å²) in [5.41, 5.74) is 0.319. The molecule has 21 heavy (non-hydrogen) atoms. The molecule has 0 N–H and O–H groups in total. The highest BCUT2D eigenvalue weighted by Gasteiger charge is 2.13. The molecule has 0 aromatic heterocycles. The van der Waals surface area contributed by atoms with Gasteiger partial charge < -0.3 is 9.47 Å². The zero-order valence-corrected chi connectivity index (χ0v) is 11.5. The molecule has 0 radical (unpaired) electrons. The van der Waals surface area contributed by atoms with E-state index in [1.165, 1.54) is 7.11 Å². The average Bonchev–Trinajstić information content (AvgIpc) is 2.52. The number of rotatable bonds is 5. The van der Waals surface area contributed by atoms with Crippen molar-refractivity contribution in [2.75, 3.05) is 7.11 Å². The second-order valence-corrected chi connectivity index (χ2v) is 4.37. The minimum atomic E-state index is -0.584. The van der Waals surface area contributed by atoms with E-state index in [9.17, 15) is 14.4 Å². The lowest BCUT2D eigenvalue weighted by Gasteiger charge is -2.09. The maximum atomic E-state index is 11.7. The van der Waals surface area contributed by atoms with E-state index in [1.807, 2.05) is 12.1 Å². The van der Waals surface area contributed by atoms with Crippen LogP contribution in [0.4, 0.5) is 0 Å². The Morgan fingerprint density at radius 1 is 1.05 bits per heavy atom. The van der Waals surface area contributed by atoms with E-state index in [0.29, 0.717) is 17.2 Å². The molecule has 0 aliphatic rings. The minimum Gasteiger partial charge on any atom is -0.469 e. The van der Waals surface area contributed by atoms with Crippen LogP contribution in [0.1, 0.15) is 23.2 Å². The molecule has 108 valence electrons. The van der Waals surface area contributed by atoms with Gasteiger partial charge in [0.15, 0.2) is 6.29 Å². The highest BCUT2D eigenvalue weighted by Crippen LogP contribution is 2.26. The number of hydrogen-bond donors (Lipinski definition) is 0. The normalized spacial score (nSPS) is 10.1. The topological polar surface area (TPSA) is 69.7 Å². The lowest BCUT2D eigenvalue weighted by Crippen LogP contribution is -2.12. The lowest BCUT2D eigenvalue weighted by molar-refractivity contribution is -0.144. The number of benzene rings is 2. The Morgan fingerprint density at radius 3 is 2.48 bits per heavy atom. The molecule has 2 aromatic carbocycles. The van der Waals surface area contributed by atoms with Crippen molar-refractivity contribution in [1.29, 1.82) is 0 Å². The first-order valence-corrected chi connectivity index (χ1v) is 6.40. The second kappa shape index (κ2) is 6.65. The predicted molar refractivity (Wildman–Crippen MR) is 76.2 cm³/mol. The van der Waals surface area contributed by atoms with Crippen LogP contribution in [0.25, 0.3) is 10.8 Å². The van der Waals surface area contributed by atoms with E-state index >= 15 is 0 Å². The number of ether oxygens (including phenoxy) is 2. The van der Waals surface area contributed by atoms with Crippen LogP contribution < -0.4 is 4.74 Å². The van der Waals surface area contributed by atoms with E-state index in [-0.39, 0.29) is 18.6 Å². The largest absolute Gasteiger partial charge is 0.469 e. The Kier molecular flexibility index (Phi) is 4.66. The molecule has 0 saturated carbocycles. The number of hydrogen-bond acceptors (Lipinski definition) is 5. The first kappa shape index (κ1) is 14.7. The maximum Gasteiger partial charge on any atom is 0.311 e. The van der Waals surface area contributed by atoms with Crippen LogP contribution in [-0.4, -0.2) is 25.3 Å². The zero-order chi connectivity index (χ0) is 15.2. The number of fused-ring (bicyclic) bond motifs is 1. The molecule has 0 heterocycles. The number of aldehydes is 1. The van der Waals surface area contributed by atoms with Gasteiger partial charge in [-0.2, -0.15) is 0 Å². The third-order valence-corrected chi connectivity index (χ3v) is 3.03. The molecule has 2 rings (SSSR count). The van der Waals surface area contributed by atoms with Crippen molar-refractivity contribution in [2.45, 2.75) is 12.8 Å². The summed E-state index contributed by atoms with van der Waals surface area (Å²) in [4.78, 5) is 33.9. The molecular weight excluding hydrogens is 272 g/mol. The third-order valence-electron chi connectivity index (χ3n) is 3.03. The van der Waals surface area contributed by atoms with E-state index in [0.717, 1.165) is 5.39 Å². The SMILES string of the molecule is COC(=O)CCC(=O)Oc1ccc2ccccc2c1C=O. The van der Waals surface area contributed by atoms with Crippen molar-refractivity contribution in [3.05, 3.63) is 42.0 Å². The lowest BCUT2D eigenvalue weighted by atomic mass is 10.0. The van der Waals surface area contributed by atoms with Gasteiger partial charge in [-0.3, -0.25) is 14.4 Å². The van der Waals surface area contributed by atoms with Gasteiger partial charge in [0.2, 0.25) is 0 Å². The monoisotopic (exact) mass is 286 g/mol. The Balaban J connectivity index is 2.20. The van der Waals surface area contributed by atoms with Gasteiger partial charge in [-0.05, 0) is 16.8 Å². The molecule has 0 amide bonds. The van der Waals surface area contributed by atoms with Gasteiger partial charge in [-0.1, -0.05) is 30.3 Å². The Bertz CT molecular complexity index is 690. The van der Waals surface area contributed by atoms with Crippen LogP contribution >= 0.6 is 0 Å². The van der Waals surface area contributed by atoms with Crippen molar-refractivity contribution in [3.8, 4) is 5.75 Å². The molecule has 0 unspecified atom stereocenters. The number of carbonyl (C=O) groups is 3. The molecule has 0 aliphatic heterocycles. The molecule has 5 nitrogen and oxygen atoms in total. The summed E-state index contributed by atoms with van der Waals surface area (Å²) in [5, 5.41) is 1.60. The van der Waals surface area contributed by atoms with Crippen molar-refractivity contribution >= 4 is 29.0 Å². The standard InChI is InChI=1S/C16H14O5/c1-20-15(18)8-9-16(19)21-14-7-6-11-4-2-3-5-12(11)13(14)10-17/h2-7,10H,8-9H2,1H3. The van der Waals surface area contributed by atoms with Crippen LogP contribution in [0.2, 0.25) is 0 Å². The van der Waals surface area contributed by atoms with Crippen molar-refractivity contribution < 1.29 is 23.9 Å². The van der Waals surface area contributed by atoms with Crippen LogP contribution in [-0.2, 0) is 14.3 Å². The number of esters is 2. The van der Waals surface area contributed by atoms with E-state index in [2.05, 4.69) is 4.74 Å². The smallest absolute Gasteiger partial charge is 0.311 e. The highest BCUT2D eigenvalue weighted by molar-refractivity contribution is 6.01. The van der Waals surface area contributed by atoms with Crippen molar-refractivity contribution in [1.82, 2.24) is 0 Å². The van der Waals surface area contributed by atoms with Crippen LogP contribution in [0.3, 0.4) is 0 Å². The Morgan fingerprint density at radius 2 is 1.76 bits per heavy atom. The van der Waals surface area contributed by atoms with Gasteiger partial charge in [0, 0.05) is 0 Å². The third kappa shape index (κ3) is 3.45. The maximum absolute atomic E-state index is 11.7. The fraction of sp³-hybridized carbons (Fsp3) is 0.188. The van der Waals surface area contributed by atoms with Gasteiger partial charge >= 0.3 is 11.9 Å². The van der Waals surface area contributed by atoms with Gasteiger partial charge in [0.25, 0.3) is 0 Å². The average molecular weight is 286 g/mol. The molecular formula is C16H14O5. The Hall–Kier alpha value is -2.69. The predicted octanol–water partition coefficient (Wildman–Crippen LogP) is 2.51. The summed E-state index contributed by atoms with van der Waals surface area (Å²) in [6, 6.07) is 10.7. The molecule has 0 bridgehead atoms. The van der Waals surface area contributed by atoms with Crippen molar-refractivity contribution in [2.24, 2.45) is 0 Å². The van der Waals surface area contributed by atoms with Gasteiger partial charge in [-0.25, -0.2) is 0 Å². The summed E-state index contributed by atoms with van der Waals surface area (Å²) in [5.74, 6) is -0.876. The first-order chi connectivity index (χ1) is 10.2. The van der Waals surface area contributed by atoms with Gasteiger partial charge in [0.1, 0.15) is 5.75 Å². The highest BCUT2D eigenvalue weighted by atomic mass is 16.5. The molecule has 0 fully saturated rings. The molecule has 0 aliphatic carbocycles. The number of methoxy groups -OCH3 is 1.